The predicted octanol–water partition coefficient (Wildman–Crippen LogP) is 2.35. The van der Waals surface area contributed by atoms with Crippen molar-refractivity contribution in [1.29, 1.82) is 0 Å². The lowest BCUT2D eigenvalue weighted by Crippen LogP contribution is -2.26. The molecule has 102 valence electrons. The van der Waals surface area contributed by atoms with Crippen LogP contribution in [0.25, 0.3) is 10.9 Å². The summed E-state index contributed by atoms with van der Waals surface area (Å²) in [6, 6.07) is 5.10. The molecule has 1 aromatic carbocycles. The summed E-state index contributed by atoms with van der Waals surface area (Å²) in [6.07, 6.45) is 3.35. The number of benzene rings is 1. The number of nitrogens with one attached hydrogen (secondary N) is 2. The van der Waals surface area contributed by atoms with Gasteiger partial charge in [0.25, 0.3) is 5.91 Å². The molecule has 0 aliphatic carbocycles. The van der Waals surface area contributed by atoms with E-state index < -0.39 is 0 Å². The number of fused-ring (bicyclic) bond motifs is 1. The number of hydrogen-bond donors (Lipinski definition) is 2. The van der Waals surface area contributed by atoms with Gasteiger partial charge in [-0.15, -0.1) is 0 Å². The third kappa shape index (κ3) is 2.27. The number of aryl methyl sites for hydroxylation is 1. The van der Waals surface area contributed by atoms with E-state index in [2.05, 4.69) is 20.5 Å². The summed E-state index contributed by atoms with van der Waals surface area (Å²) in [5.41, 5.74) is 1.40. The number of hydrogen-bond acceptors (Lipinski definition) is 4. The van der Waals surface area contributed by atoms with E-state index >= 15 is 0 Å². The van der Waals surface area contributed by atoms with E-state index in [9.17, 15) is 4.79 Å². The molecular formula is C14H14N4O2. The fraction of sp³-hybridized carbons (Fsp3) is 0.214. The summed E-state index contributed by atoms with van der Waals surface area (Å²) in [6.45, 7) is 3.65. The molecule has 3 rings (SSSR count). The van der Waals surface area contributed by atoms with Crippen molar-refractivity contribution < 1.29 is 9.21 Å². The van der Waals surface area contributed by atoms with E-state index in [1.54, 1.807) is 24.5 Å². The molecule has 0 saturated heterocycles. The normalized spacial score (nSPS) is 12.5. The van der Waals surface area contributed by atoms with E-state index in [-0.39, 0.29) is 11.9 Å². The van der Waals surface area contributed by atoms with Crippen molar-refractivity contribution in [2.24, 2.45) is 0 Å². The lowest BCUT2D eigenvalue weighted by Gasteiger charge is -2.10. The van der Waals surface area contributed by atoms with Gasteiger partial charge in [-0.05, 0) is 26.0 Å². The van der Waals surface area contributed by atoms with Gasteiger partial charge in [-0.3, -0.25) is 9.89 Å². The number of aromatic nitrogens is 3. The smallest absolute Gasteiger partial charge is 0.251 e. The van der Waals surface area contributed by atoms with Crippen molar-refractivity contribution in [1.82, 2.24) is 20.5 Å². The van der Waals surface area contributed by atoms with Gasteiger partial charge in [-0.2, -0.15) is 5.10 Å². The molecule has 0 radical (unpaired) electrons. The first-order valence-corrected chi connectivity index (χ1v) is 6.30. The maximum Gasteiger partial charge on any atom is 0.251 e. The van der Waals surface area contributed by atoms with Gasteiger partial charge < -0.3 is 9.73 Å². The molecular weight excluding hydrogens is 256 g/mol. The highest BCUT2D eigenvalue weighted by Gasteiger charge is 2.15. The van der Waals surface area contributed by atoms with Crippen molar-refractivity contribution in [2.75, 3.05) is 0 Å². The zero-order chi connectivity index (χ0) is 14.1. The van der Waals surface area contributed by atoms with Gasteiger partial charge in [0.1, 0.15) is 11.8 Å². The van der Waals surface area contributed by atoms with Crippen LogP contribution < -0.4 is 5.32 Å². The van der Waals surface area contributed by atoms with Crippen LogP contribution in [0.2, 0.25) is 0 Å². The lowest BCUT2D eigenvalue weighted by atomic mass is 10.1. The van der Waals surface area contributed by atoms with Crippen LogP contribution in [-0.2, 0) is 0 Å². The monoisotopic (exact) mass is 270 g/mol. The molecule has 2 heterocycles. The third-order valence-electron chi connectivity index (χ3n) is 3.06. The van der Waals surface area contributed by atoms with E-state index in [0.29, 0.717) is 11.5 Å². The number of oxazole rings is 1. The third-order valence-corrected chi connectivity index (χ3v) is 3.06. The second kappa shape index (κ2) is 4.80. The Labute approximate surface area is 115 Å². The van der Waals surface area contributed by atoms with Gasteiger partial charge in [0, 0.05) is 10.9 Å². The fourth-order valence-corrected chi connectivity index (χ4v) is 1.99. The minimum absolute atomic E-state index is 0.176. The molecule has 2 N–H and O–H groups in total. The number of H-pyrrole nitrogens is 1. The van der Waals surface area contributed by atoms with Gasteiger partial charge in [0.15, 0.2) is 0 Å². The van der Waals surface area contributed by atoms with Gasteiger partial charge in [0.05, 0.1) is 17.9 Å². The van der Waals surface area contributed by atoms with Gasteiger partial charge >= 0.3 is 0 Å². The van der Waals surface area contributed by atoms with E-state index in [1.807, 2.05) is 19.9 Å². The Bertz CT molecular complexity index is 759. The molecule has 0 aliphatic rings. The molecule has 20 heavy (non-hydrogen) atoms. The van der Waals surface area contributed by atoms with E-state index in [0.717, 1.165) is 16.7 Å². The molecule has 0 aliphatic heterocycles. The first-order chi connectivity index (χ1) is 9.63. The molecule has 1 unspecified atom stereocenters. The van der Waals surface area contributed by atoms with Crippen molar-refractivity contribution in [3.63, 3.8) is 0 Å². The minimum atomic E-state index is -0.284. The first-order valence-electron chi connectivity index (χ1n) is 6.30. The van der Waals surface area contributed by atoms with Crippen LogP contribution in [0, 0.1) is 6.92 Å². The largest absolute Gasteiger partial charge is 0.444 e. The summed E-state index contributed by atoms with van der Waals surface area (Å²) in [5.74, 6) is 1.04. The Balaban J connectivity index is 1.78. The van der Waals surface area contributed by atoms with Crippen LogP contribution in [0.5, 0.6) is 0 Å². The van der Waals surface area contributed by atoms with Crippen LogP contribution in [0.15, 0.2) is 35.0 Å². The van der Waals surface area contributed by atoms with Gasteiger partial charge in [-0.25, -0.2) is 4.98 Å². The minimum Gasteiger partial charge on any atom is -0.444 e. The van der Waals surface area contributed by atoms with Crippen molar-refractivity contribution >= 4 is 16.8 Å². The summed E-state index contributed by atoms with van der Waals surface area (Å²) >= 11 is 0. The Kier molecular flexibility index (Phi) is 2.98. The fourth-order valence-electron chi connectivity index (χ4n) is 1.99. The van der Waals surface area contributed by atoms with Crippen LogP contribution in [0.1, 0.15) is 35.0 Å². The Morgan fingerprint density at radius 2 is 2.25 bits per heavy atom. The molecule has 1 amide bonds. The number of carbonyl (C=O) groups excluding carboxylic acids is 1. The summed E-state index contributed by atoms with van der Waals surface area (Å²) in [4.78, 5) is 16.3. The molecule has 6 heteroatoms. The summed E-state index contributed by atoms with van der Waals surface area (Å²) in [5, 5.41) is 10.6. The molecule has 6 nitrogen and oxygen atoms in total. The maximum absolute atomic E-state index is 12.2. The molecule has 0 fully saturated rings. The van der Waals surface area contributed by atoms with Crippen molar-refractivity contribution in [3.8, 4) is 0 Å². The Hall–Kier alpha value is -2.63. The van der Waals surface area contributed by atoms with Gasteiger partial charge in [0.2, 0.25) is 5.89 Å². The lowest BCUT2D eigenvalue weighted by molar-refractivity contribution is 0.0934. The molecule has 0 saturated carbocycles. The molecule has 0 bridgehead atoms. The number of aromatic amines is 1. The topological polar surface area (TPSA) is 83.8 Å². The van der Waals surface area contributed by atoms with Crippen molar-refractivity contribution in [2.45, 2.75) is 19.9 Å². The summed E-state index contributed by atoms with van der Waals surface area (Å²) < 4.78 is 5.40. The van der Waals surface area contributed by atoms with E-state index in [1.165, 1.54) is 0 Å². The number of carbonyl (C=O) groups is 1. The van der Waals surface area contributed by atoms with E-state index in [4.69, 9.17) is 4.42 Å². The van der Waals surface area contributed by atoms with Gasteiger partial charge in [-0.1, -0.05) is 6.07 Å². The number of rotatable bonds is 3. The van der Waals surface area contributed by atoms with Crippen LogP contribution in [-0.4, -0.2) is 21.1 Å². The highest BCUT2D eigenvalue weighted by Crippen LogP contribution is 2.15. The quantitative estimate of drug-likeness (QED) is 0.765. The zero-order valence-electron chi connectivity index (χ0n) is 11.2. The Morgan fingerprint density at radius 3 is 3.00 bits per heavy atom. The zero-order valence-corrected chi connectivity index (χ0v) is 11.2. The molecule has 2 aromatic heterocycles. The number of nitrogens with zero attached hydrogens (tertiary/aromatic N) is 2. The standard InChI is InChI=1S/C14H14N4O2/c1-8-6-15-14(20-8)9(2)17-13(19)10-3-4-11-7-16-18-12(11)5-10/h3-7,9H,1-2H3,(H,16,18)(H,17,19). The van der Waals surface area contributed by atoms with Crippen LogP contribution in [0.4, 0.5) is 0 Å². The molecule has 1 atom stereocenters. The summed E-state index contributed by atoms with van der Waals surface area (Å²) in [7, 11) is 0. The van der Waals surface area contributed by atoms with Crippen molar-refractivity contribution in [3.05, 3.63) is 47.8 Å². The average molecular weight is 270 g/mol. The highest BCUT2D eigenvalue weighted by atomic mass is 16.4. The predicted molar refractivity (Wildman–Crippen MR) is 73.2 cm³/mol. The maximum atomic E-state index is 12.2. The highest BCUT2D eigenvalue weighted by molar-refractivity contribution is 5.97. The van der Waals surface area contributed by atoms with Crippen LogP contribution >= 0.6 is 0 Å². The SMILES string of the molecule is Cc1cnc(C(C)NC(=O)c2ccc3cn[nH]c3c2)o1. The molecule has 3 aromatic rings. The second-order valence-corrected chi connectivity index (χ2v) is 4.68. The first kappa shape index (κ1) is 12.4. The Morgan fingerprint density at radius 1 is 1.40 bits per heavy atom. The average Bonchev–Trinajstić information content (AvgIpc) is 3.05. The molecule has 0 spiro atoms. The van der Waals surface area contributed by atoms with Crippen LogP contribution in [0.3, 0.4) is 0 Å². The number of amides is 1. The second-order valence-electron chi connectivity index (χ2n) is 4.68.